The van der Waals surface area contributed by atoms with Gasteiger partial charge in [-0.15, -0.1) is 24.8 Å². The maximum Gasteiger partial charge on any atom is 0.0363 e. The van der Waals surface area contributed by atoms with Crippen LogP contribution in [0.5, 0.6) is 0 Å². The van der Waals surface area contributed by atoms with Crippen molar-refractivity contribution in [3.8, 4) is 0 Å². The molecule has 0 bridgehead atoms. The summed E-state index contributed by atoms with van der Waals surface area (Å²) in [6.07, 6.45) is 0. The Morgan fingerprint density at radius 1 is 1.25 bits per heavy atom. The van der Waals surface area contributed by atoms with Crippen LogP contribution < -0.4 is 5.73 Å². The monoisotopic (exact) mass is 234 g/mol. The molecule has 0 atom stereocenters. The fourth-order valence-electron chi connectivity index (χ4n) is 1.08. The molecule has 2 N–H and O–H groups in total. The summed E-state index contributed by atoms with van der Waals surface area (Å²) in [6.45, 7) is 3.59. The predicted octanol–water partition coefficient (Wildman–Crippen LogP) is -0.147. The molecule has 1 aliphatic heterocycles. The lowest BCUT2D eigenvalue weighted by atomic mass is 10.5. The molecule has 1 fully saturated rings. The van der Waals surface area contributed by atoms with E-state index in [-0.39, 0.29) is 24.8 Å². The third-order valence-corrected chi connectivity index (χ3v) is 2.99. The van der Waals surface area contributed by atoms with E-state index in [2.05, 4.69) is 4.90 Å². The topological polar surface area (TPSA) is 46.3 Å². The standard InChI is InChI=1S/C6H14N2OS.2ClH/c7-1-2-8-3-5-10(9)6-4-8;;/h1-7H2;2*1H. The van der Waals surface area contributed by atoms with E-state index in [9.17, 15) is 4.21 Å². The van der Waals surface area contributed by atoms with Gasteiger partial charge in [0.25, 0.3) is 0 Å². The van der Waals surface area contributed by atoms with Crippen molar-refractivity contribution in [3.05, 3.63) is 0 Å². The first kappa shape index (κ1) is 15.1. The highest BCUT2D eigenvalue weighted by atomic mass is 35.5. The first-order valence-electron chi connectivity index (χ1n) is 3.60. The van der Waals surface area contributed by atoms with Gasteiger partial charge in [0.2, 0.25) is 0 Å². The lowest BCUT2D eigenvalue weighted by Crippen LogP contribution is -2.40. The second-order valence-corrected chi connectivity index (χ2v) is 4.17. The second-order valence-electron chi connectivity index (χ2n) is 2.48. The third kappa shape index (κ3) is 5.32. The van der Waals surface area contributed by atoms with Gasteiger partial charge in [0.15, 0.2) is 0 Å². The summed E-state index contributed by atoms with van der Waals surface area (Å²) in [5.41, 5.74) is 5.38. The van der Waals surface area contributed by atoms with Crippen molar-refractivity contribution < 1.29 is 4.21 Å². The number of halogens is 2. The maximum atomic E-state index is 10.9. The summed E-state index contributed by atoms with van der Waals surface area (Å²) in [4.78, 5) is 2.27. The van der Waals surface area contributed by atoms with E-state index in [4.69, 9.17) is 5.73 Å². The zero-order valence-corrected chi connectivity index (χ0v) is 9.35. The van der Waals surface area contributed by atoms with Crippen LogP contribution in [0.2, 0.25) is 0 Å². The van der Waals surface area contributed by atoms with Gasteiger partial charge in [-0.3, -0.25) is 4.21 Å². The second kappa shape index (κ2) is 8.26. The molecule has 1 heterocycles. The fraction of sp³-hybridized carbons (Fsp3) is 1.00. The first-order chi connectivity index (χ1) is 4.83. The van der Waals surface area contributed by atoms with Crippen molar-refractivity contribution in [1.29, 1.82) is 0 Å². The average molecular weight is 235 g/mol. The Balaban J connectivity index is 0. The van der Waals surface area contributed by atoms with Crippen molar-refractivity contribution in [2.24, 2.45) is 5.73 Å². The SMILES string of the molecule is Cl.Cl.NCCN1CCS(=O)CC1. The van der Waals surface area contributed by atoms with Gasteiger partial charge in [-0.25, -0.2) is 0 Å². The lowest BCUT2D eigenvalue weighted by molar-refractivity contribution is 0.308. The Morgan fingerprint density at radius 2 is 1.75 bits per heavy atom. The summed E-state index contributed by atoms with van der Waals surface area (Å²) in [7, 11) is -0.547. The molecule has 0 radical (unpaired) electrons. The summed E-state index contributed by atoms with van der Waals surface area (Å²) >= 11 is 0. The zero-order chi connectivity index (χ0) is 7.40. The summed E-state index contributed by atoms with van der Waals surface area (Å²) in [5.74, 6) is 1.67. The Hall–Kier alpha value is 0.650. The van der Waals surface area contributed by atoms with Crippen LogP contribution in [-0.4, -0.2) is 46.8 Å². The maximum absolute atomic E-state index is 10.9. The van der Waals surface area contributed by atoms with Gasteiger partial charge in [-0.1, -0.05) is 0 Å². The van der Waals surface area contributed by atoms with E-state index in [0.717, 1.165) is 31.1 Å². The average Bonchev–Trinajstić information content (AvgIpc) is 1.95. The number of rotatable bonds is 2. The molecule has 0 aromatic carbocycles. The number of nitrogens with zero attached hydrogens (tertiary/aromatic N) is 1. The molecule has 0 aliphatic carbocycles. The van der Waals surface area contributed by atoms with Gasteiger partial charge in [-0.2, -0.15) is 0 Å². The molecule has 0 aromatic heterocycles. The van der Waals surface area contributed by atoms with Gasteiger partial charge in [0.1, 0.15) is 0 Å². The molecule has 1 saturated heterocycles. The Bertz CT molecular complexity index is 127. The molecule has 1 rings (SSSR count). The van der Waals surface area contributed by atoms with Crippen LogP contribution in [0.3, 0.4) is 0 Å². The van der Waals surface area contributed by atoms with Gasteiger partial charge in [0.05, 0.1) is 0 Å². The molecule has 76 valence electrons. The largest absolute Gasteiger partial charge is 0.329 e. The van der Waals surface area contributed by atoms with E-state index >= 15 is 0 Å². The highest BCUT2D eigenvalue weighted by Gasteiger charge is 2.13. The molecular formula is C6H16Cl2N2OS. The van der Waals surface area contributed by atoms with E-state index in [1.54, 1.807) is 0 Å². The van der Waals surface area contributed by atoms with Gasteiger partial charge < -0.3 is 10.6 Å². The number of nitrogens with two attached hydrogens (primary N) is 1. The highest BCUT2D eigenvalue weighted by Crippen LogP contribution is 1.97. The van der Waals surface area contributed by atoms with E-state index in [1.165, 1.54) is 0 Å². The Kier molecular flexibility index (Phi) is 10.4. The van der Waals surface area contributed by atoms with Crippen LogP contribution in [0.25, 0.3) is 0 Å². The van der Waals surface area contributed by atoms with E-state index in [0.29, 0.717) is 6.54 Å². The minimum atomic E-state index is -0.547. The van der Waals surface area contributed by atoms with Gasteiger partial charge in [0, 0.05) is 48.5 Å². The minimum absolute atomic E-state index is 0. The third-order valence-electron chi connectivity index (χ3n) is 1.72. The molecule has 0 spiro atoms. The first-order valence-corrected chi connectivity index (χ1v) is 5.09. The summed E-state index contributed by atoms with van der Waals surface area (Å²) in [6, 6.07) is 0. The van der Waals surface area contributed by atoms with Crippen LogP contribution >= 0.6 is 24.8 Å². The van der Waals surface area contributed by atoms with Crippen LogP contribution in [-0.2, 0) is 10.8 Å². The summed E-state index contributed by atoms with van der Waals surface area (Å²) < 4.78 is 10.9. The molecule has 0 amide bonds. The Labute approximate surface area is 88.3 Å². The van der Waals surface area contributed by atoms with E-state index in [1.807, 2.05) is 0 Å². The van der Waals surface area contributed by atoms with Crippen molar-refractivity contribution in [3.63, 3.8) is 0 Å². The van der Waals surface area contributed by atoms with Crippen LogP contribution in [0.15, 0.2) is 0 Å². The van der Waals surface area contributed by atoms with Crippen molar-refractivity contribution in [1.82, 2.24) is 4.90 Å². The minimum Gasteiger partial charge on any atom is -0.329 e. The van der Waals surface area contributed by atoms with Gasteiger partial charge >= 0.3 is 0 Å². The van der Waals surface area contributed by atoms with Crippen LogP contribution in [0, 0.1) is 0 Å². The van der Waals surface area contributed by atoms with E-state index < -0.39 is 10.8 Å². The van der Waals surface area contributed by atoms with Crippen molar-refractivity contribution in [2.45, 2.75) is 0 Å². The van der Waals surface area contributed by atoms with Crippen molar-refractivity contribution in [2.75, 3.05) is 37.7 Å². The lowest BCUT2D eigenvalue weighted by Gasteiger charge is -2.24. The summed E-state index contributed by atoms with van der Waals surface area (Å²) in [5, 5.41) is 0. The zero-order valence-electron chi connectivity index (χ0n) is 6.90. The van der Waals surface area contributed by atoms with Crippen molar-refractivity contribution >= 4 is 35.6 Å². The smallest absolute Gasteiger partial charge is 0.0363 e. The quantitative estimate of drug-likeness (QED) is 0.724. The predicted molar refractivity (Wildman–Crippen MR) is 57.9 cm³/mol. The Morgan fingerprint density at radius 3 is 2.17 bits per heavy atom. The molecule has 1 aliphatic rings. The van der Waals surface area contributed by atoms with Crippen LogP contribution in [0.4, 0.5) is 0 Å². The molecule has 0 saturated carbocycles. The van der Waals surface area contributed by atoms with Gasteiger partial charge in [-0.05, 0) is 0 Å². The fourth-order valence-corrected chi connectivity index (χ4v) is 2.21. The molecule has 0 unspecified atom stereocenters. The molecule has 12 heavy (non-hydrogen) atoms. The van der Waals surface area contributed by atoms with Crippen LogP contribution in [0.1, 0.15) is 0 Å². The molecular weight excluding hydrogens is 219 g/mol. The molecule has 6 heteroatoms. The molecule has 0 aromatic rings. The highest BCUT2D eigenvalue weighted by molar-refractivity contribution is 7.85. The number of hydrogen-bond acceptors (Lipinski definition) is 3. The molecule has 3 nitrogen and oxygen atoms in total. The number of hydrogen-bond donors (Lipinski definition) is 1. The normalized spacial score (nSPS) is 19.4.